The van der Waals surface area contributed by atoms with E-state index in [4.69, 9.17) is 0 Å². The Balaban J connectivity index is 2.20. The lowest BCUT2D eigenvalue weighted by atomic mass is 10.0. The number of rotatable bonds is 5. The van der Waals surface area contributed by atoms with Crippen LogP contribution in [0.2, 0.25) is 0 Å². The molecular formula is C15H23N3O3S. The number of aryl methyl sites for hydroxylation is 1. The molecule has 1 heterocycles. The number of amides is 1. The van der Waals surface area contributed by atoms with Gasteiger partial charge in [0.1, 0.15) is 0 Å². The van der Waals surface area contributed by atoms with E-state index in [0.717, 1.165) is 31.5 Å². The molecule has 1 fully saturated rings. The fourth-order valence-electron chi connectivity index (χ4n) is 2.52. The SMILES string of the molecule is CCNS(=O)(=O)c1ccc(C)c(C(=O)NC2CCNCC2)c1. The van der Waals surface area contributed by atoms with Crippen molar-refractivity contribution in [2.24, 2.45) is 0 Å². The lowest BCUT2D eigenvalue weighted by Gasteiger charge is -2.24. The number of carbonyl (C=O) groups is 1. The second-order valence-corrected chi connectivity index (χ2v) is 7.24. The standard InChI is InChI=1S/C15H23N3O3S/c1-3-17-22(20,21)13-5-4-11(2)14(10-13)15(19)18-12-6-8-16-9-7-12/h4-5,10,12,16-17H,3,6-9H2,1-2H3,(H,18,19). The summed E-state index contributed by atoms with van der Waals surface area (Å²) >= 11 is 0. The predicted octanol–water partition coefficient (Wildman–Crippen LogP) is 0.775. The minimum Gasteiger partial charge on any atom is -0.349 e. The highest BCUT2D eigenvalue weighted by atomic mass is 32.2. The van der Waals surface area contributed by atoms with Gasteiger partial charge < -0.3 is 10.6 Å². The van der Waals surface area contributed by atoms with Gasteiger partial charge in [0.05, 0.1) is 4.90 Å². The van der Waals surface area contributed by atoms with Crippen molar-refractivity contribution in [2.75, 3.05) is 19.6 Å². The second kappa shape index (κ2) is 7.21. The molecule has 0 radical (unpaired) electrons. The van der Waals surface area contributed by atoms with Crippen molar-refractivity contribution in [3.63, 3.8) is 0 Å². The Labute approximate surface area is 131 Å². The average Bonchev–Trinajstić information content (AvgIpc) is 2.48. The van der Waals surface area contributed by atoms with E-state index in [0.29, 0.717) is 12.1 Å². The summed E-state index contributed by atoms with van der Waals surface area (Å²) in [5.41, 5.74) is 1.18. The number of benzene rings is 1. The van der Waals surface area contributed by atoms with E-state index in [-0.39, 0.29) is 16.8 Å². The number of nitrogens with one attached hydrogen (secondary N) is 3. The van der Waals surface area contributed by atoms with Crippen LogP contribution in [0, 0.1) is 6.92 Å². The average molecular weight is 325 g/mol. The lowest BCUT2D eigenvalue weighted by molar-refractivity contribution is 0.0928. The van der Waals surface area contributed by atoms with Crippen LogP contribution in [0.15, 0.2) is 23.1 Å². The van der Waals surface area contributed by atoms with Crippen LogP contribution in [-0.4, -0.2) is 40.0 Å². The van der Waals surface area contributed by atoms with Crippen LogP contribution in [-0.2, 0) is 10.0 Å². The topological polar surface area (TPSA) is 87.3 Å². The van der Waals surface area contributed by atoms with Crippen LogP contribution in [0.3, 0.4) is 0 Å². The van der Waals surface area contributed by atoms with Crippen molar-refractivity contribution >= 4 is 15.9 Å². The number of hydrogen-bond donors (Lipinski definition) is 3. The van der Waals surface area contributed by atoms with Crippen molar-refractivity contribution in [3.05, 3.63) is 29.3 Å². The number of piperidine rings is 1. The van der Waals surface area contributed by atoms with Gasteiger partial charge in [-0.05, 0) is 50.6 Å². The van der Waals surface area contributed by atoms with Gasteiger partial charge >= 0.3 is 0 Å². The number of hydrogen-bond acceptors (Lipinski definition) is 4. The summed E-state index contributed by atoms with van der Waals surface area (Å²) < 4.78 is 26.6. The molecule has 0 unspecified atom stereocenters. The predicted molar refractivity (Wildman–Crippen MR) is 85.4 cm³/mol. The third-order valence-electron chi connectivity index (χ3n) is 3.77. The molecule has 7 heteroatoms. The van der Waals surface area contributed by atoms with Gasteiger partial charge in [-0.1, -0.05) is 13.0 Å². The highest BCUT2D eigenvalue weighted by molar-refractivity contribution is 7.89. The first-order chi connectivity index (χ1) is 10.4. The van der Waals surface area contributed by atoms with Crippen LogP contribution >= 0.6 is 0 Å². The zero-order valence-corrected chi connectivity index (χ0v) is 13.8. The maximum Gasteiger partial charge on any atom is 0.251 e. The van der Waals surface area contributed by atoms with Crippen molar-refractivity contribution in [3.8, 4) is 0 Å². The van der Waals surface area contributed by atoms with Gasteiger partial charge in [0.25, 0.3) is 5.91 Å². The Bertz CT molecular complexity index is 637. The highest BCUT2D eigenvalue weighted by Gasteiger charge is 2.20. The largest absolute Gasteiger partial charge is 0.349 e. The Kier molecular flexibility index (Phi) is 5.55. The molecule has 0 aromatic heterocycles. The molecule has 0 aliphatic carbocycles. The van der Waals surface area contributed by atoms with Crippen molar-refractivity contribution in [2.45, 2.75) is 37.6 Å². The monoisotopic (exact) mass is 325 g/mol. The molecule has 1 aliphatic heterocycles. The summed E-state index contributed by atoms with van der Waals surface area (Å²) in [5, 5.41) is 6.24. The molecule has 1 aliphatic rings. The molecule has 1 aromatic rings. The summed E-state index contributed by atoms with van der Waals surface area (Å²) in [6, 6.07) is 4.78. The maximum atomic E-state index is 12.4. The van der Waals surface area contributed by atoms with Crippen LogP contribution in [0.25, 0.3) is 0 Å². The summed E-state index contributed by atoms with van der Waals surface area (Å²) in [4.78, 5) is 12.5. The van der Waals surface area contributed by atoms with E-state index >= 15 is 0 Å². The third-order valence-corrected chi connectivity index (χ3v) is 5.32. The molecule has 1 saturated heterocycles. The minimum absolute atomic E-state index is 0.121. The Hall–Kier alpha value is -1.44. The molecule has 6 nitrogen and oxygen atoms in total. The number of sulfonamides is 1. The molecule has 1 amide bonds. The first kappa shape index (κ1) is 16.9. The molecular weight excluding hydrogens is 302 g/mol. The zero-order valence-electron chi connectivity index (χ0n) is 13.0. The minimum atomic E-state index is -3.56. The van der Waals surface area contributed by atoms with E-state index in [1.165, 1.54) is 12.1 Å². The highest BCUT2D eigenvalue weighted by Crippen LogP contribution is 2.16. The van der Waals surface area contributed by atoms with Crippen molar-refractivity contribution in [1.82, 2.24) is 15.4 Å². The van der Waals surface area contributed by atoms with Crippen molar-refractivity contribution in [1.29, 1.82) is 0 Å². The maximum absolute atomic E-state index is 12.4. The van der Waals surface area contributed by atoms with Gasteiger partial charge in [-0.3, -0.25) is 4.79 Å². The van der Waals surface area contributed by atoms with Gasteiger partial charge in [0, 0.05) is 18.2 Å². The zero-order chi connectivity index (χ0) is 16.2. The number of carbonyl (C=O) groups excluding carboxylic acids is 1. The first-order valence-electron chi connectivity index (χ1n) is 7.56. The molecule has 122 valence electrons. The summed E-state index contributed by atoms with van der Waals surface area (Å²) in [5.74, 6) is -0.210. The van der Waals surface area contributed by atoms with Gasteiger partial charge in [-0.15, -0.1) is 0 Å². The summed E-state index contributed by atoms with van der Waals surface area (Å²) in [6.07, 6.45) is 1.78. The van der Waals surface area contributed by atoms with E-state index in [9.17, 15) is 13.2 Å². The molecule has 0 atom stereocenters. The molecule has 2 rings (SSSR count). The van der Waals surface area contributed by atoms with Gasteiger partial charge in [0.15, 0.2) is 0 Å². The van der Waals surface area contributed by atoms with E-state index in [2.05, 4.69) is 15.4 Å². The van der Waals surface area contributed by atoms with Gasteiger partial charge in [-0.2, -0.15) is 0 Å². The van der Waals surface area contributed by atoms with E-state index in [1.54, 1.807) is 19.9 Å². The normalized spacial score (nSPS) is 16.5. The Morgan fingerprint density at radius 2 is 2.00 bits per heavy atom. The van der Waals surface area contributed by atoms with Crippen LogP contribution in [0.1, 0.15) is 35.7 Å². The first-order valence-corrected chi connectivity index (χ1v) is 9.04. The van der Waals surface area contributed by atoms with Gasteiger partial charge in [0.2, 0.25) is 10.0 Å². The summed E-state index contributed by atoms with van der Waals surface area (Å²) in [7, 11) is -3.56. The van der Waals surface area contributed by atoms with Crippen LogP contribution < -0.4 is 15.4 Å². The third kappa shape index (κ3) is 4.06. The van der Waals surface area contributed by atoms with Crippen LogP contribution in [0.5, 0.6) is 0 Å². The fourth-order valence-corrected chi connectivity index (χ4v) is 3.58. The molecule has 22 heavy (non-hydrogen) atoms. The summed E-state index contributed by atoms with van der Waals surface area (Å²) in [6.45, 7) is 5.61. The fraction of sp³-hybridized carbons (Fsp3) is 0.533. The molecule has 3 N–H and O–H groups in total. The molecule has 0 bridgehead atoms. The van der Waals surface area contributed by atoms with E-state index in [1.807, 2.05) is 0 Å². The quantitative estimate of drug-likeness (QED) is 0.746. The van der Waals surface area contributed by atoms with E-state index < -0.39 is 10.0 Å². The molecule has 0 spiro atoms. The van der Waals surface area contributed by atoms with Crippen molar-refractivity contribution < 1.29 is 13.2 Å². The molecule has 0 saturated carbocycles. The Morgan fingerprint density at radius 3 is 2.64 bits per heavy atom. The lowest BCUT2D eigenvalue weighted by Crippen LogP contribution is -2.42. The van der Waals surface area contributed by atoms with Crippen LogP contribution in [0.4, 0.5) is 0 Å². The Morgan fingerprint density at radius 1 is 1.32 bits per heavy atom. The van der Waals surface area contributed by atoms with Gasteiger partial charge in [-0.25, -0.2) is 13.1 Å². The molecule has 1 aromatic carbocycles. The smallest absolute Gasteiger partial charge is 0.251 e. The second-order valence-electron chi connectivity index (χ2n) is 5.48.